The van der Waals surface area contributed by atoms with Crippen molar-refractivity contribution in [1.29, 1.82) is 0 Å². The van der Waals surface area contributed by atoms with Gasteiger partial charge in [-0.15, -0.1) is 0 Å². The van der Waals surface area contributed by atoms with Crippen LogP contribution in [-0.2, 0) is 0 Å². The third kappa shape index (κ3) is 6.49. The van der Waals surface area contributed by atoms with Gasteiger partial charge in [0.15, 0.2) is 0 Å². The summed E-state index contributed by atoms with van der Waals surface area (Å²) in [4.78, 5) is 2.50. The van der Waals surface area contributed by atoms with Gasteiger partial charge in [-0.05, 0) is 38.8 Å². The van der Waals surface area contributed by atoms with Crippen LogP contribution in [0.3, 0.4) is 0 Å². The molecule has 0 saturated carbocycles. The van der Waals surface area contributed by atoms with Crippen LogP contribution in [-0.4, -0.2) is 30.6 Å². The summed E-state index contributed by atoms with van der Waals surface area (Å²) < 4.78 is 0. The fourth-order valence-electron chi connectivity index (χ4n) is 2.04. The van der Waals surface area contributed by atoms with E-state index in [1.807, 2.05) is 0 Å². The molecule has 0 aliphatic rings. The normalized spacial score (nSPS) is 15.8. The summed E-state index contributed by atoms with van der Waals surface area (Å²) in [6.07, 6.45) is 6.36. The lowest BCUT2D eigenvalue weighted by Crippen LogP contribution is -2.36. The van der Waals surface area contributed by atoms with E-state index in [0.717, 1.165) is 19.0 Å². The van der Waals surface area contributed by atoms with Crippen molar-refractivity contribution in [3.05, 3.63) is 0 Å². The predicted molar refractivity (Wildman–Crippen MR) is 73.7 cm³/mol. The van der Waals surface area contributed by atoms with E-state index in [1.54, 1.807) is 0 Å². The first-order valence-electron chi connectivity index (χ1n) is 6.98. The Morgan fingerprint density at radius 1 is 1.12 bits per heavy atom. The first-order chi connectivity index (χ1) is 7.52. The molecular weight excluding hydrogens is 196 g/mol. The van der Waals surface area contributed by atoms with Crippen molar-refractivity contribution in [3.8, 4) is 0 Å². The van der Waals surface area contributed by atoms with Crippen LogP contribution in [0.1, 0.15) is 59.8 Å². The molecule has 98 valence electrons. The Labute approximate surface area is 103 Å². The maximum absolute atomic E-state index is 6.08. The van der Waals surface area contributed by atoms with Crippen LogP contribution >= 0.6 is 0 Å². The summed E-state index contributed by atoms with van der Waals surface area (Å²) in [5.74, 6) is 0.601. The monoisotopic (exact) mass is 228 g/mol. The molecule has 2 nitrogen and oxygen atoms in total. The van der Waals surface area contributed by atoms with Crippen LogP contribution in [0.4, 0.5) is 0 Å². The molecule has 0 aliphatic carbocycles. The first-order valence-corrected chi connectivity index (χ1v) is 6.98. The van der Waals surface area contributed by atoms with E-state index in [1.165, 1.54) is 25.7 Å². The maximum Gasteiger partial charge on any atom is 0.00895 e. The van der Waals surface area contributed by atoms with Crippen LogP contribution < -0.4 is 5.73 Å². The topological polar surface area (TPSA) is 29.3 Å². The predicted octanol–water partition coefficient (Wildman–Crippen LogP) is 3.26. The van der Waals surface area contributed by atoms with Crippen molar-refractivity contribution in [1.82, 2.24) is 4.90 Å². The van der Waals surface area contributed by atoms with Crippen molar-refractivity contribution in [2.24, 2.45) is 11.7 Å². The van der Waals surface area contributed by atoms with Gasteiger partial charge in [0.25, 0.3) is 0 Å². The molecule has 2 N–H and O–H groups in total. The highest BCUT2D eigenvalue weighted by Gasteiger charge is 2.14. The van der Waals surface area contributed by atoms with Crippen LogP contribution in [0.15, 0.2) is 0 Å². The third-order valence-electron chi connectivity index (χ3n) is 3.66. The van der Waals surface area contributed by atoms with Crippen LogP contribution in [0.25, 0.3) is 0 Å². The van der Waals surface area contributed by atoms with Gasteiger partial charge in [-0.3, -0.25) is 0 Å². The van der Waals surface area contributed by atoms with Gasteiger partial charge in [0.1, 0.15) is 0 Å². The van der Waals surface area contributed by atoms with Gasteiger partial charge in [-0.25, -0.2) is 0 Å². The number of rotatable bonds is 9. The molecule has 0 aromatic carbocycles. The number of hydrogen-bond acceptors (Lipinski definition) is 2. The first kappa shape index (κ1) is 15.9. The maximum atomic E-state index is 6.08. The minimum atomic E-state index is 0.353. The largest absolute Gasteiger partial charge is 0.327 e. The number of hydrogen-bond donors (Lipinski definition) is 1. The summed E-state index contributed by atoms with van der Waals surface area (Å²) in [7, 11) is 2.25. The van der Waals surface area contributed by atoms with E-state index < -0.39 is 0 Å². The van der Waals surface area contributed by atoms with E-state index in [9.17, 15) is 0 Å². The van der Waals surface area contributed by atoms with Crippen LogP contribution in [0, 0.1) is 5.92 Å². The average molecular weight is 228 g/mol. The molecule has 0 saturated heterocycles. The van der Waals surface area contributed by atoms with E-state index in [4.69, 9.17) is 5.73 Å². The molecule has 0 rings (SSSR count). The molecule has 0 aliphatic heterocycles. The highest BCUT2D eigenvalue weighted by atomic mass is 15.1. The minimum absolute atomic E-state index is 0.353. The zero-order chi connectivity index (χ0) is 12.6. The van der Waals surface area contributed by atoms with Crippen molar-refractivity contribution in [3.63, 3.8) is 0 Å². The average Bonchev–Trinajstić information content (AvgIpc) is 2.26. The van der Waals surface area contributed by atoms with Gasteiger partial charge in [-0.2, -0.15) is 0 Å². The Bertz CT molecular complexity index is 157. The summed E-state index contributed by atoms with van der Waals surface area (Å²) in [6.45, 7) is 10.1. The highest BCUT2D eigenvalue weighted by molar-refractivity contribution is 4.71. The summed E-state index contributed by atoms with van der Waals surface area (Å²) >= 11 is 0. The van der Waals surface area contributed by atoms with E-state index >= 15 is 0 Å². The summed E-state index contributed by atoms with van der Waals surface area (Å²) in [5.41, 5.74) is 6.08. The molecule has 0 aromatic rings. The standard InChI is InChI=1S/C14H32N2/c1-6-8-9-13(7-2)16(5)11-10-14(15)12(3)4/h12-14H,6-11,15H2,1-5H3. The second kappa shape index (κ2) is 9.00. The fraction of sp³-hybridized carbons (Fsp3) is 1.00. The molecule has 2 atom stereocenters. The lowest BCUT2D eigenvalue weighted by Gasteiger charge is -2.28. The molecule has 0 amide bonds. The molecule has 0 fully saturated rings. The molecule has 0 bridgehead atoms. The van der Waals surface area contributed by atoms with E-state index in [0.29, 0.717) is 12.0 Å². The number of nitrogens with zero attached hydrogens (tertiary/aromatic N) is 1. The van der Waals surface area contributed by atoms with Gasteiger partial charge in [-0.1, -0.05) is 40.5 Å². The molecule has 2 unspecified atom stereocenters. The second-order valence-corrected chi connectivity index (χ2v) is 5.38. The Morgan fingerprint density at radius 3 is 2.19 bits per heavy atom. The zero-order valence-electron chi connectivity index (χ0n) is 12.0. The molecule has 16 heavy (non-hydrogen) atoms. The van der Waals surface area contributed by atoms with E-state index in [-0.39, 0.29) is 0 Å². The SMILES string of the molecule is CCCCC(CC)N(C)CCC(N)C(C)C. The molecular formula is C14H32N2. The van der Waals surface area contributed by atoms with Gasteiger partial charge in [0, 0.05) is 12.1 Å². The third-order valence-corrected chi connectivity index (χ3v) is 3.66. The Balaban J connectivity index is 3.86. The minimum Gasteiger partial charge on any atom is -0.327 e. The van der Waals surface area contributed by atoms with Gasteiger partial charge in [0.05, 0.1) is 0 Å². The van der Waals surface area contributed by atoms with Gasteiger partial charge < -0.3 is 10.6 Å². The Morgan fingerprint density at radius 2 is 1.75 bits per heavy atom. The zero-order valence-corrected chi connectivity index (χ0v) is 12.0. The van der Waals surface area contributed by atoms with E-state index in [2.05, 4.69) is 39.6 Å². The van der Waals surface area contributed by atoms with Crippen molar-refractivity contribution in [2.45, 2.75) is 71.9 Å². The van der Waals surface area contributed by atoms with Gasteiger partial charge in [0.2, 0.25) is 0 Å². The summed E-state index contributed by atoms with van der Waals surface area (Å²) in [6, 6.07) is 1.10. The fourth-order valence-corrected chi connectivity index (χ4v) is 2.04. The quantitative estimate of drug-likeness (QED) is 0.656. The lowest BCUT2D eigenvalue weighted by molar-refractivity contribution is 0.208. The molecule has 0 heterocycles. The van der Waals surface area contributed by atoms with Crippen LogP contribution in [0.5, 0.6) is 0 Å². The number of nitrogens with two attached hydrogens (primary N) is 1. The van der Waals surface area contributed by atoms with Crippen LogP contribution in [0.2, 0.25) is 0 Å². The Hall–Kier alpha value is -0.0800. The molecule has 2 heteroatoms. The molecule has 0 radical (unpaired) electrons. The van der Waals surface area contributed by atoms with Crippen molar-refractivity contribution < 1.29 is 0 Å². The highest BCUT2D eigenvalue weighted by Crippen LogP contribution is 2.12. The number of unbranched alkanes of at least 4 members (excludes halogenated alkanes) is 1. The lowest BCUT2D eigenvalue weighted by atomic mass is 10.0. The van der Waals surface area contributed by atoms with Crippen molar-refractivity contribution in [2.75, 3.05) is 13.6 Å². The summed E-state index contributed by atoms with van der Waals surface area (Å²) in [5, 5.41) is 0. The molecule has 0 aromatic heterocycles. The smallest absolute Gasteiger partial charge is 0.00895 e. The Kier molecular flexibility index (Phi) is 8.96. The van der Waals surface area contributed by atoms with Gasteiger partial charge >= 0.3 is 0 Å². The second-order valence-electron chi connectivity index (χ2n) is 5.38. The molecule has 0 spiro atoms. The van der Waals surface area contributed by atoms with Crippen molar-refractivity contribution >= 4 is 0 Å².